The molecular formula is C14H21ClN2O2S. The number of nitrogens with zero attached hydrogens (tertiary/aromatic N) is 1. The molecule has 6 heteroatoms. The van der Waals surface area contributed by atoms with Gasteiger partial charge in [0.2, 0.25) is 10.0 Å². The number of benzene rings is 1. The fourth-order valence-electron chi connectivity index (χ4n) is 2.54. The van der Waals surface area contributed by atoms with Gasteiger partial charge in [-0.15, -0.1) is 0 Å². The van der Waals surface area contributed by atoms with Gasteiger partial charge in [0.25, 0.3) is 0 Å². The number of sulfonamides is 1. The third-order valence-corrected chi connectivity index (χ3v) is 5.60. The van der Waals surface area contributed by atoms with Crippen molar-refractivity contribution in [2.75, 3.05) is 19.6 Å². The highest BCUT2D eigenvalue weighted by molar-refractivity contribution is 7.89. The Balaban J connectivity index is 1.99. The standard InChI is InChI=1S/C14H21ClN2O2S/c1-2-9-17-10-7-12(8-11-17)16-20(18,19)14-6-4-3-5-13(14)15/h3-6,12,16H,2,7-11H2,1H3. The third kappa shape index (κ3) is 3.95. The molecule has 0 saturated carbocycles. The van der Waals surface area contributed by atoms with Gasteiger partial charge in [-0.2, -0.15) is 0 Å². The lowest BCUT2D eigenvalue weighted by Crippen LogP contribution is -2.44. The molecular weight excluding hydrogens is 296 g/mol. The molecule has 112 valence electrons. The minimum absolute atomic E-state index is 0.00405. The van der Waals surface area contributed by atoms with E-state index in [4.69, 9.17) is 11.6 Å². The number of nitrogens with one attached hydrogen (secondary N) is 1. The van der Waals surface area contributed by atoms with Crippen molar-refractivity contribution < 1.29 is 8.42 Å². The highest BCUT2D eigenvalue weighted by Crippen LogP contribution is 2.22. The molecule has 1 fully saturated rings. The van der Waals surface area contributed by atoms with Crippen LogP contribution >= 0.6 is 11.6 Å². The Kier molecular flexibility index (Phi) is 5.43. The molecule has 1 saturated heterocycles. The van der Waals surface area contributed by atoms with E-state index in [2.05, 4.69) is 16.5 Å². The largest absolute Gasteiger partial charge is 0.303 e. The summed E-state index contributed by atoms with van der Waals surface area (Å²) in [6.07, 6.45) is 2.84. The van der Waals surface area contributed by atoms with Crippen molar-refractivity contribution in [3.63, 3.8) is 0 Å². The first-order valence-electron chi connectivity index (χ1n) is 7.02. The second kappa shape index (κ2) is 6.89. The summed E-state index contributed by atoms with van der Waals surface area (Å²) in [5.41, 5.74) is 0. The van der Waals surface area contributed by atoms with Gasteiger partial charge in [-0.25, -0.2) is 13.1 Å². The molecule has 1 N–H and O–H groups in total. The van der Waals surface area contributed by atoms with Crippen LogP contribution in [-0.2, 0) is 10.0 Å². The Labute approximate surface area is 126 Å². The summed E-state index contributed by atoms with van der Waals surface area (Å²) in [5.74, 6) is 0. The van der Waals surface area contributed by atoms with Crippen molar-refractivity contribution >= 4 is 21.6 Å². The summed E-state index contributed by atoms with van der Waals surface area (Å²) in [7, 11) is -3.52. The second-order valence-electron chi connectivity index (χ2n) is 5.17. The summed E-state index contributed by atoms with van der Waals surface area (Å²) in [6, 6.07) is 6.55. The van der Waals surface area contributed by atoms with Crippen molar-refractivity contribution in [3.05, 3.63) is 29.3 Å². The molecule has 0 unspecified atom stereocenters. The number of rotatable bonds is 5. The first-order valence-corrected chi connectivity index (χ1v) is 8.88. The Bertz CT molecular complexity index is 540. The molecule has 0 atom stereocenters. The number of hydrogen-bond donors (Lipinski definition) is 1. The summed E-state index contributed by atoms with van der Waals surface area (Å²) in [5, 5.41) is 0.267. The summed E-state index contributed by atoms with van der Waals surface area (Å²) in [4.78, 5) is 2.54. The quantitative estimate of drug-likeness (QED) is 0.908. The van der Waals surface area contributed by atoms with Gasteiger partial charge in [-0.1, -0.05) is 30.7 Å². The van der Waals surface area contributed by atoms with Crippen LogP contribution in [0.4, 0.5) is 0 Å². The lowest BCUT2D eigenvalue weighted by atomic mass is 10.1. The van der Waals surface area contributed by atoms with Gasteiger partial charge in [-0.3, -0.25) is 0 Å². The van der Waals surface area contributed by atoms with Crippen molar-refractivity contribution in [2.24, 2.45) is 0 Å². The Hall–Kier alpha value is -0.620. The summed E-state index contributed by atoms with van der Waals surface area (Å²) >= 11 is 5.96. The second-order valence-corrected chi connectivity index (χ2v) is 7.26. The highest BCUT2D eigenvalue weighted by atomic mass is 35.5. The zero-order valence-corrected chi connectivity index (χ0v) is 13.3. The maximum Gasteiger partial charge on any atom is 0.242 e. The zero-order valence-electron chi connectivity index (χ0n) is 11.7. The fourth-order valence-corrected chi connectivity index (χ4v) is 4.36. The van der Waals surface area contributed by atoms with Crippen LogP contribution in [0.15, 0.2) is 29.2 Å². The fraction of sp³-hybridized carbons (Fsp3) is 0.571. The Morgan fingerprint density at radius 1 is 1.30 bits per heavy atom. The molecule has 0 radical (unpaired) electrons. The average Bonchev–Trinajstić information content (AvgIpc) is 2.41. The predicted octanol–water partition coefficient (Wildman–Crippen LogP) is 2.49. The topological polar surface area (TPSA) is 49.4 Å². The SMILES string of the molecule is CCCN1CCC(NS(=O)(=O)c2ccccc2Cl)CC1. The average molecular weight is 317 g/mol. The predicted molar refractivity (Wildman–Crippen MR) is 81.5 cm³/mol. The van der Waals surface area contributed by atoms with Crippen molar-refractivity contribution in [1.82, 2.24) is 9.62 Å². The molecule has 0 amide bonds. The van der Waals surface area contributed by atoms with Crippen molar-refractivity contribution in [3.8, 4) is 0 Å². The van der Waals surface area contributed by atoms with Crippen LogP contribution in [0, 0.1) is 0 Å². The first-order chi connectivity index (χ1) is 9.53. The van der Waals surface area contributed by atoms with Gasteiger partial charge >= 0.3 is 0 Å². The van der Waals surface area contributed by atoms with E-state index in [0.717, 1.165) is 38.9 Å². The molecule has 1 aliphatic rings. The van der Waals surface area contributed by atoms with Gasteiger partial charge < -0.3 is 4.90 Å². The maximum absolute atomic E-state index is 12.3. The first kappa shape index (κ1) is 15.8. The molecule has 1 aromatic carbocycles. The van der Waals surface area contributed by atoms with E-state index in [1.807, 2.05) is 0 Å². The smallest absolute Gasteiger partial charge is 0.242 e. The lowest BCUT2D eigenvalue weighted by molar-refractivity contribution is 0.208. The van der Waals surface area contributed by atoms with Crippen LogP contribution in [0.5, 0.6) is 0 Å². The Morgan fingerprint density at radius 2 is 1.95 bits per heavy atom. The van der Waals surface area contributed by atoms with E-state index in [1.165, 1.54) is 6.07 Å². The van der Waals surface area contributed by atoms with Crippen LogP contribution < -0.4 is 4.72 Å². The molecule has 1 aromatic rings. The molecule has 2 rings (SSSR count). The maximum atomic E-state index is 12.3. The van der Waals surface area contributed by atoms with E-state index >= 15 is 0 Å². The van der Waals surface area contributed by atoms with Gasteiger partial charge in [-0.05, 0) is 51.0 Å². The van der Waals surface area contributed by atoms with Crippen LogP contribution in [-0.4, -0.2) is 39.0 Å². The number of halogens is 1. The number of hydrogen-bond acceptors (Lipinski definition) is 3. The molecule has 1 aliphatic heterocycles. The normalized spacial score (nSPS) is 18.3. The summed E-state index contributed by atoms with van der Waals surface area (Å²) < 4.78 is 27.4. The van der Waals surface area contributed by atoms with Crippen molar-refractivity contribution in [1.29, 1.82) is 0 Å². The molecule has 4 nitrogen and oxygen atoms in total. The van der Waals surface area contributed by atoms with Gasteiger partial charge in [0.15, 0.2) is 0 Å². The molecule has 0 spiro atoms. The van der Waals surface area contributed by atoms with E-state index in [0.29, 0.717) is 0 Å². The van der Waals surface area contributed by atoms with Crippen LogP contribution in [0.3, 0.4) is 0 Å². The zero-order chi connectivity index (χ0) is 14.6. The molecule has 20 heavy (non-hydrogen) atoms. The number of likely N-dealkylation sites (tertiary alicyclic amines) is 1. The number of piperidine rings is 1. The van der Waals surface area contributed by atoms with Crippen LogP contribution in [0.1, 0.15) is 26.2 Å². The van der Waals surface area contributed by atoms with Crippen LogP contribution in [0.25, 0.3) is 0 Å². The minimum atomic E-state index is -3.52. The lowest BCUT2D eigenvalue weighted by Gasteiger charge is -2.31. The molecule has 0 aliphatic carbocycles. The van der Waals surface area contributed by atoms with Gasteiger partial charge in [0.1, 0.15) is 4.90 Å². The van der Waals surface area contributed by atoms with Gasteiger partial charge in [0, 0.05) is 6.04 Å². The Morgan fingerprint density at radius 3 is 2.55 bits per heavy atom. The molecule has 0 aromatic heterocycles. The van der Waals surface area contributed by atoms with Gasteiger partial charge in [0.05, 0.1) is 5.02 Å². The third-order valence-electron chi connectivity index (χ3n) is 3.58. The molecule has 0 bridgehead atoms. The van der Waals surface area contributed by atoms with E-state index < -0.39 is 10.0 Å². The monoisotopic (exact) mass is 316 g/mol. The minimum Gasteiger partial charge on any atom is -0.303 e. The van der Waals surface area contributed by atoms with E-state index in [9.17, 15) is 8.42 Å². The highest BCUT2D eigenvalue weighted by Gasteiger charge is 2.25. The van der Waals surface area contributed by atoms with E-state index in [1.54, 1.807) is 18.2 Å². The van der Waals surface area contributed by atoms with Crippen LogP contribution in [0.2, 0.25) is 5.02 Å². The van der Waals surface area contributed by atoms with E-state index in [-0.39, 0.29) is 16.0 Å². The molecule has 1 heterocycles. The van der Waals surface area contributed by atoms with Crippen molar-refractivity contribution in [2.45, 2.75) is 37.1 Å². The summed E-state index contributed by atoms with van der Waals surface area (Å²) in [6.45, 7) is 5.14.